The van der Waals surface area contributed by atoms with Gasteiger partial charge < -0.3 is 9.16 Å². The number of fused-ring (bicyclic) bond motifs is 4. The van der Waals surface area contributed by atoms with E-state index in [1.807, 2.05) is 0 Å². The van der Waals surface area contributed by atoms with E-state index in [0.29, 0.717) is 9.84 Å². The first-order valence-corrected chi connectivity index (χ1v) is 20.1. The zero-order valence-corrected chi connectivity index (χ0v) is 31.0. The van der Waals surface area contributed by atoms with Gasteiger partial charge in [-0.05, 0) is 78.1 Å². The van der Waals surface area contributed by atoms with Crippen LogP contribution in [0.3, 0.4) is 0 Å². The maximum absolute atomic E-state index is 7.47. The molecule has 0 saturated heterocycles. The lowest BCUT2D eigenvalue weighted by atomic mass is 9.70. The summed E-state index contributed by atoms with van der Waals surface area (Å²) in [6, 6.07) is 9.27. The molecular formula is C36H54INO2Si. The maximum Gasteiger partial charge on any atom is 0.192 e. The first-order chi connectivity index (χ1) is 18.8. The van der Waals surface area contributed by atoms with Crippen LogP contribution in [0.25, 0.3) is 0 Å². The van der Waals surface area contributed by atoms with Gasteiger partial charge in [0, 0.05) is 32.0 Å². The van der Waals surface area contributed by atoms with E-state index < -0.39 is 8.32 Å². The molecule has 2 aromatic rings. The van der Waals surface area contributed by atoms with Crippen molar-refractivity contribution in [2.75, 3.05) is 0 Å². The van der Waals surface area contributed by atoms with E-state index in [1.54, 1.807) is 0 Å². The van der Waals surface area contributed by atoms with Crippen molar-refractivity contribution < 1.29 is 9.16 Å². The minimum Gasteiger partial charge on any atom is -0.410 e. The van der Waals surface area contributed by atoms with Crippen LogP contribution in [0.4, 0.5) is 0 Å². The Morgan fingerprint density at radius 1 is 1.02 bits per heavy atom. The summed E-state index contributed by atoms with van der Waals surface area (Å²) in [5.74, 6) is 0.322. The van der Waals surface area contributed by atoms with Gasteiger partial charge in [-0.15, -0.1) is 0 Å². The quantitative estimate of drug-likeness (QED) is 0.182. The number of halogens is 1. The molecule has 226 valence electrons. The Morgan fingerprint density at radius 3 is 2.17 bits per heavy atom. The molecule has 1 aromatic carbocycles. The van der Waals surface area contributed by atoms with E-state index in [2.05, 4.69) is 129 Å². The van der Waals surface area contributed by atoms with Crippen molar-refractivity contribution in [3.05, 3.63) is 63.5 Å². The van der Waals surface area contributed by atoms with Crippen molar-refractivity contribution in [2.24, 2.45) is 5.41 Å². The van der Waals surface area contributed by atoms with Crippen LogP contribution in [0.2, 0.25) is 18.1 Å². The van der Waals surface area contributed by atoms with Crippen LogP contribution >= 0.6 is 22.6 Å². The number of alkyl halides is 1. The topological polar surface area (TPSA) is 31.4 Å². The van der Waals surface area contributed by atoms with E-state index in [9.17, 15) is 0 Å². The molecule has 1 spiro atoms. The SMILES string of the molecule is CC(C)c1nc2c(c3c1[C@@H](c1ccc(C(C)(C)C)cc1)OC31CCCC1I)C(O[Si](C)(C)C(C)(C)C)CC(C)(C)C2. The predicted molar refractivity (Wildman–Crippen MR) is 183 cm³/mol. The highest BCUT2D eigenvalue weighted by molar-refractivity contribution is 14.1. The summed E-state index contributed by atoms with van der Waals surface area (Å²) in [6.45, 7) is 28.2. The van der Waals surface area contributed by atoms with Gasteiger partial charge in [0.1, 0.15) is 11.7 Å². The van der Waals surface area contributed by atoms with Crippen LogP contribution < -0.4 is 0 Å². The number of aromatic nitrogens is 1. The normalized spacial score (nSPS) is 27.9. The van der Waals surface area contributed by atoms with Gasteiger partial charge in [-0.25, -0.2) is 0 Å². The van der Waals surface area contributed by atoms with Crippen LogP contribution in [-0.4, -0.2) is 17.2 Å². The van der Waals surface area contributed by atoms with Gasteiger partial charge in [-0.1, -0.05) is 116 Å². The molecule has 0 N–H and O–H groups in total. The lowest BCUT2D eigenvalue weighted by Gasteiger charge is -2.45. The van der Waals surface area contributed by atoms with Crippen molar-refractivity contribution in [1.29, 1.82) is 0 Å². The molecule has 0 amide bonds. The molecule has 0 radical (unpaired) electrons. The molecule has 1 aliphatic heterocycles. The summed E-state index contributed by atoms with van der Waals surface area (Å²) >= 11 is 2.71. The van der Waals surface area contributed by atoms with Gasteiger partial charge in [0.05, 0.1) is 6.10 Å². The zero-order chi connectivity index (χ0) is 30.3. The van der Waals surface area contributed by atoms with E-state index in [-0.39, 0.29) is 33.7 Å². The van der Waals surface area contributed by atoms with Crippen LogP contribution in [0.5, 0.6) is 0 Å². The Morgan fingerprint density at radius 2 is 1.66 bits per heavy atom. The number of pyridine rings is 1. The Balaban J connectivity index is 1.78. The highest BCUT2D eigenvalue weighted by Crippen LogP contribution is 2.62. The second kappa shape index (κ2) is 10.4. The standard InChI is InChI=1S/C36H54INO2Si/c1-22(2)31-29-30(28-25(38-31)20-35(9,10)21-26(28)40-41(11,12)34(6,7)8)36(19-13-14-27(36)37)39-32(29)23-15-17-24(18-16-23)33(3,4)5/h15-18,22,26-27,32H,13-14,19-21H2,1-12H3/t26?,27?,32-,36?/m1/s1. The molecule has 2 heterocycles. The Bertz CT molecular complexity index is 1300. The molecule has 2 aliphatic carbocycles. The van der Waals surface area contributed by atoms with Crippen molar-refractivity contribution in [3.63, 3.8) is 0 Å². The molecule has 3 unspecified atom stereocenters. The van der Waals surface area contributed by atoms with Gasteiger partial charge in [0.15, 0.2) is 8.32 Å². The van der Waals surface area contributed by atoms with Gasteiger partial charge in [0.2, 0.25) is 0 Å². The van der Waals surface area contributed by atoms with Crippen LogP contribution in [0, 0.1) is 5.41 Å². The van der Waals surface area contributed by atoms with Crippen molar-refractivity contribution in [3.8, 4) is 0 Å². The van der Waals surface area contributed by atoms with Gasteiger partial charge in [-0.2, -0.15) is 0 Å². The third kappa shape index (κ3) is 5.52. The van der Waals surface area contributed by atoms with Crippen LogP contribution in [0.15, 0.2) is 24.3 Å². The third-order valence-corrected chi connectivity index (χ3v) is 16.6. The van der Waals surface area contributed by atoms with Crippen LogP contribution in [-0.2, 0) is 26.6 Å². The van der Waals surface area contributed by atoms with Gasteiger partial charge in [0.25, 0.3) is 0 Å². The van der Waals surface area contributed by atoms with E-state index in [4.69, 9.17) is 14.1 Å². The lowest BCUT2D eigenvalue weighted by molar-refractivity contribution is -0.0515. The molecule has 4 atom stereocenters. The van der Waals surface area contributed by atoms with Gasteiger partial charge >= 0.3 is 0 Å². The number of rotatable bonds is 4. The molecule has 0 bridgehead atoms. The number of ether oxygens (including phenoxy) is 1. The largest absolute Gasteiger partial charge is 0.410 e. The van der Waals surface area contributed by atoms with E-state index >= 15 is 0 Å². The second-order valence-corrected chi connectivity index (χ2v) is 23.1. The predicted octanol–water partition coefficient (Wildman–Crippen LogP) is 10.8. The zero-order valence-electron chi connectivity index (χ0n) is 27.8. The van der Waals surface area contributed by atoms with Crippen molar-refractivity contribution >= 4 is 30.9 Å². The summed E-state index contributed by atoms with van der Waals surface area (Å²) in [5.41, 5.74) is 9.33. The average molecular weight is 688 g/mol. The van der Waals surface area contributed by atoms with E-state index in [1.165, 1.54) is 52.0 Å². The number of nitrogens with zero attached hydrogens (tertiary/aromatic N) is 1. The Labute approximate surface area is 265 Å². The molecule has 5 rings (SSSR count). The monoisotopic (exact) mass is 687 g/mol. The number of hydrogen-bond donors (Lipinski definition) is 0. The summed E-state index contributed by atoms with van der Waals surface area (Å²) in [6.07, 6.45) is 5.48. The summed E-state index contributed by atoms with van der Waals surface area (Å²) in [7, 11) is -2.04. The first-order valence-electron chi connectivity index (χ1n) is 15.9. The molecule has 1 aromatic heterocycles. The summed E-state index contributed by atoms with van der Waals surface area (Å²) < 4.78 is 15.3. The summed E-state index contributed by atoms with van der Waals surface area (Å²) in [4.78, 5) is 5.59. The molecule has 3 aliphatic rings. The Kier molecular flexibility index (Phi) is 8.04. The van der Waals surface area contributed by atoms with Gasteiger partial charge in [-0.3, -0.25) is 4.98 Å². The molecule has 1 fully saturated rings. The molecular weight excluding hydrogens is 633 g/mol. The van der Waals surface area contributed by atoms with Crippen LogP contribution in [0.1, 0.15) is 152 Å². The number of hydrogen-bond acceptors (Lipinski definition) is 3. The smallest absolute Gasteiger partial charge is 0.192 e. The summed E-state index contributed by atoms with van der Waals surface area (Å²) in [5, 5.41) is 0.147. The third-order valence-electron chi connectivity index (χ3n) is 10.5. The lowest BCUT2D eigenvalue weighted by Crippen LogP contribution is -2.44. The van der Waals surface area contributed by atoms with Crippen molar-refractivity contribution in [2.45, 2.75) is 153 Å². The maximum atomic E-state index is 7.47. The highest BCUT2D eigenvalue weighted by Gasteiger charge is 2.57. The minimum atomic E-state index is -2.04. The average Bonchev–Trinajstić information content (AvgIpc) is 3.37. The first kappa shape index (κ1) is 31.7. The molecule has 3 nitrogen and oxygen atoms in total. The fourth-order valence-corrected chi connectivity index (χ4v) is 9.63. The molecule has 5 heteroatoms. The fourth-order valence-electron chi connectivity index (χ4n) is 7.16. The Hall–Kier alpha value is -0.763. The number of benzene rings is 1. The van der Waals surface area contributed by atoms with E-state index in [0.717, 1.165) is 19.3 Å². The fraction of sp³-hybridized carbons (Fsp3) is 0.694. The minimum absolute atomic E-state index is 0.0591. The molecule has 1 saturated carbocycles. The van der Waals surface area contributed by atoms with Crippen molar-refractivity contribution in [1.82, 2.24) is 4.98 Å². The molecule has 41 heavy (non-hydrogen) atoms. The highest BCUT2D eigenvalue weighted by atomic mass is 127. The second-order valence-electron chi connectivity index (χ2n) is 16.8.